The molecule has 0 spiro atoms. The molecule has 0 aliphatic heterocycles. The molecule has 1 heterocycles. The SMILES string of the molecule is Clc1ncc(Cl)c(NC2CCc3ccccc3C2)n1. The third-order valence-corrected chi connectivity index (χ3v) is 3.86. The molecule has 5 heteroatoms. The Labute approximate surface area is 122 Å². The number of anilines is 1. The average molecular weight is 294 g/mol. The Hall–Kier alpha value is -1.32. The predicted octanol–water partition coefficient (Wildman–Crippen LogP) is 3.75. The van der Waals surface area contributed by atoms with E-state index in [1.165, 1.54) is 17.3 Å². The molecule has 1 aliphatic carbocycles. The molecule has 0 radical (unpaired) electrons. The van der Waals surface area contributed by atoms with E-state index in [2.05, 4.69) is 39.6 Å². The second-order valence-electron chi connectivity index (χ2n) is 4.69. The number of nitrogens with zero attached hydrogens (tertiary/aromatic N) is 2. The van der Waals surface area contributed by atoms with Crippen molar-refractivity contribution in [2.45, 2.75) is 25.3 Å². The number of nitrogens with one attached hydrogen (secondary N) is 1. The number of benzene rings is 1. The van der Waals surface area contributed by atoms with Gasteiger partial charge in [0.2, 0.25) is 5.28 Å². The molecule has 3 nitrogen and oxygen atoms in total. The standard InChI is InChI=1S/C14H13Cl2N3/c15-12-8-17-14(16)19-13(12)18-11-6-5-9-3-1-2-4-10(9)7-11/h1-4,8,11H,5-7H2,(H,17,18,19). The Balaban J connectivity index is 1.77. The third kappa shape index (κ3) is 2.82. The minimum Gasteiger partial charge on any atom is -0.366 e. The summed E-state index contributed by atoms with van der Waals surface area (Å²) in [4.78, 5) is 7.98. The molecule has 1 unspecified atom stereocenters. The zero-order chi connectivity index (χ0) is 13.2. The molecular formula is C14H13Cl2N3. The van der Waals surface area contributed by atoms with Gasteiger partial charge in [-0.15, -0.1) is 0 Å². The molecule has 0 amide bonds. The maximum Gasteiger partial charge on any atom is 0.224 e. The first-order valence-electron chi connectivity index (χ1n) is 6.24. The molecular weight excluding hydrogens is 281 g/mol. The predicted molar refractivity (Wildman–Crippen MR) is 77.9 cm³/mol. The van der Waals surface area contributed by atoms with Gasteiger partial charge >= 0.3 is 0 Å². The summed E-state index contributed by atoms with van der Waals surface area (Å²) in [7, 11) is 0. The first kappa shape index (κ1) is 12.7. The third-order valence-electron chi connectivity index (χ3n) is 3.40. The highest BCUT2D eigenvalue weighted by atomic mass is 35.5. The fourth-order valence-corrected chi connectivity index (χ4v) is 2.74. The van der Waals surface area contributed by atoms with E-state index < -0.39 is 0 Å². The van der Waals surface area contributed by atoms with E-state index >= 15 is 0 Å². The van der Waals surface area contributed by atoms with Crippen molar-refractivity contribution in [3.05, 3.63) is 51.9 Å². The van der Waals surface area contributed by atoms with Gasteiger partial charge in [0.25, 0.3) is 0 Å². The molecule has 1 N–H and O–H groups in total. The highest BCUT2D eigenvalue weighted by molar-refractivity contribution is 6.33. The summed E-state index contributed by atoms with van der Waals surface area (Å²) in [5.41, 5.74) is 2.83. The van der Waals surface area contributed by atoms with Crippen LogP contribution >= 0.6 is 23.2 Å². The molecule has 1 aliphatic rings. The average Bonchev–Trinajstić information content (AvgIpc) is 2.43. The van der Waals surface area contributed by atoms with Gasteiger partial charge in [-0.1, -0.05) is 35.9 Å². The summed E-state index contributed by atoms with van der Waals surface area (Å²) in [6.45, 7) is 0. The fourth-order valence-electron chi connectivity index (χ4n) is 2.46. The maximum absolute atomic E-state index is 6.07. The zero-order valence-corrected chi connectivity index (χ0v) is 11.7. The van der Waals surface area contributed by atoms with Gasteiger partial charge in [0.1, 0.15) is 10.8 Å². The van der Waals surface area contributed by atoms with Gasteiger partial charge in [-0.05, 0) is 42.0 Å². The van der Waals surface area contributed by atoms with Gasteiger partial charge in [0.05, 0.1) is 6.20 Å². The van der Waals surface area contributed by atoms with Gasteiger partial charge in [0, 0.05) is 6.04 Å². The number of halogens is 2. The van der Waals surface area contributed by atoms with Crippen LogP contribution in [0.3, 0.4) is 0 Å². The topological polar surface area (TPSA) is 37.8 Å². The molecule has 0 saturated carbocycles. The quantitative estimate of drug-likeness (QED) is 0.857. The van der Waals surface area contributed by atoms with Crippen LogP contribution in [0.2, 0.25) is 10.3 Å². The Bertz CT molecular complexity index is 601. The molecule has 0 saturated heterocycles. The summed E-state index contributed by atoms with van der Waals surface area (Å²) in [6, 6.07) is 8.87. The van der Waals surface area contributed by atoms with Crippen LogP contribution < -0.4 is 5.32 Å². The number of aromatic nitrogens is 2. The van der Waals surface area contributed by atoms with E-state index in [1.807, 2.05) is 0 Å². The van der Waals surface area contributed by atoms with E-state index in [4.69, 9.17) is 23.2 Å². The van der Waals surface area contributed by atoms with Crippen molar-refractivity contribution >= 4 is 29.0 Å². The van der Waals surface area contributed by atoms with Crippen LogP contribution in [0, 0.1) is 0 Å². The van der Waals surface area contributed by atoms with Crippen LogP contribution in [-0.2, 0) is 12.8 Å². The van der Waals surface area contributed by atoms with Gasteiger partial charge in [-0.3, -0.25) is 0 Å². The van der Waals surface area contributed by atoms with Crippen LogP contribution in [0.15, 0.2) is 30.5 Å². The molecule has 1 atom stereocenters. The minimum absolute atomic E-state index is 0.211. The Morgan fingerprint density at radius 1 is 1.16 bits per heavy atom. The fraction of sp³-hybridized carbons (Fsp3) is 0.286. The number of aryl methyl sites for hydroxylation is 1. The van der Waals surface area contributed by atoms with Crippen molar-refractivity contribution in [3.63, 3.8) is 0 Å². The largest absolute Gasteiger partial charge is 0.366 e. The van der Waals surface area contributed by atoms with Crippen molar-refractivity contribution < 1.29 is 0 Å². The highest BCUT2D eigenvalue weighted by Crippen LogP contribution is 2.26. The highest BCUT2D eigenvalue weighted by Gasteiger charge is 2.19. The van der Waals surface area contributed by atoms with Crippen molar-refractivity contribution in [1.29, 1.82) is 0 Å². The summed E-state index contributed by atoms with van der Waals surface area (Å²) in [5, 5.41) is 4.08. The van der Waals surface area contributed by atoms with E-state index in [-0.39, 0.29) is 5.28 Å². The Morgan fingerprint density at radius 2 is 1.95 bits per heavy atom. The lowest BCUT2D eigenvalue weighted by atomic mass is 9.88. The van der Waals surface area contributed by atoms with Crippen molar-refractivity contribution in [1.82, 2.24) is 9.97 Å². The van der Waals surface area contributed by atoms with E-state index in [0.717, 1.165) is 19.3 Å². The summed E-state index contributed by atoms with van der Waals surface area (Å²) >= 11 is 11.9. The molecule has 2 aromatic rings. The van der Waals surface area contributed by atoms with E-state index in [0.29, 0.717) is 16.9 Å². The Kier molecular flexibility index (Phi) is 3.58. The van der Waals surface area contributed by atoms with Gasteiger partial charge < -0.3 is 5.32 Å². The molecule has 1 aromatic carbocycles. The van der Waals surface area contributed by atoms with Gasteiger partial charge in [-0.2, -0.15) is 4.98 Å². The van der Waals surface area contributed by atoms with Crippen LogP contribution in [0.25, 0.3) is 0 Å². The molecule has 19 heavy (non-hydrogen) atoms. The summed E-state index contributed by atoms with van der Waals surface area (Å²) < 4.78 is 0. The van der Waals surface area contributed by atoms with Gasteiger partial charge in [0.15, 0.2) is 0 Å². The number of hydrogen-bond donors (Lipinski definition) is 1. The second kappa shape index (κ2) is 5.35. The molecule has 1 aromatic heterocycles. The summed E-state index contributed by atoms with van der Waals surface area (Å²) in [5.74, 6) is 0.617. The minimum atomic E-state index is 0.211. The number of hydrogen-bond acceptors (Lipinski definition) is 3. The monoisotopic (exact) mass is 293 g/mol. The van der Waals surface area contributed by atoms with Crippen LogP contribution in [0.4, 0.5) is 5.82 Å². The first-order chi connectivity index (χ1) is 9.22. The maximum atomic E-state index is 6.07. The molecule has 98 valence electrons. The first-order valence-corrected chi connectivity index (χ1v) is 6.99. The lowest BCUT2D eigenvalue weighted by molar-refractivity contribution is 0.608. The van der Waals surface area contributed by atoms with Crippen LogP contribution in [-0.4, -0.2) is 16.0 Å². The van der Waals surface area contributed by atoms with Crippen molar-refractivity contribution in [2.75, 3.05) is 5.32 Å². The lowest BCUT2D eigenvalue weighted by Gasteiger charge is -2.26. The zero-order valence-electron chi connectivity index (χ0n) is 10.2. The molecule has 3 rings (SSSR count). The second-order valence-corrected chi connectivity index (χ2v) is 5.43. The Morgan fingerprint density at radius 3 is 2.79 bits per heavy atom. The van der Waals surface area contributed by atoms with Gasteiger partial charge in [-0.25, -0.2) is 4.98 Å². The van der Waals surface area contributed by atoms with Crippen LogP contribution in [0.1, 0.15) is 17.5 Å². The summed E-state index contributed by atoms with van der Waals surface area (Å²) in [6.07, 6.45) is 4.64. The van der Waals surface area contributed by atoms with Crippen molar-refractivity contribution in [2.24, 2.45) is 0 Å². The molecule has 0 fully saturated rings. The van der Waals surface area contributed by atoms with Crippen LogP contribution in [0.5, 0.6) is 0 Å². The van der Waals surface area contributed by atoms with Crippen molar-refractivity contribution in [3.8, 4) is 0 Å². The number of rotatable bonds is 2. The number of fused-ring (bicyclic) bond motifs is 1. The smallest absolute Gasteiger partial charge is 0.224 e. The molecule has 0 bridgehead atoms. The van der Waals surface area contributed by atoms with E-state index in [9.17, 15) is 0 Å². The normalized spacial score (nSPS) is 17.9. The van der Waals surface area contributed by atoms with E-state index in [1.54, 1.807) is 0 Å². The lowest BCUT2D eigenvalue weighted by Crippen LogP contribution is -2.27.